The Kier molecular flexibility index (Phi) is 5.59. The van der Waals surface area contributed by atoms with Crippen molar-refractivity contribution in [1.29, 1.82) is 0 Å². The Morgan fingerprint density at radius 2 is 1.65 bits per heavy atom. The molecule has 158 valence electrons. The van der Waals surface area contributed by atoms with E-state index in [4.69, 9.17) is 1.37 Å². The molecular formula is C30H34N+. The van der Waals surface area contributed by atoms with Gasteiger partial charge in [0.25, 0.3) is 0 Å². The second kappa shape index (κ2) is 8.67. The predicted molar refractivity (Wildman–Crippen MR) is 134 cm³/mol. The third kappa shape index (κ3) is 4.02. The first-order chi connectivity index (χ1) is 15.3. The highest BCUT2D eigenvalue weighted by atomic mass is 14.9. The van der Waals surface area contributed by atoms with Crippen LogP contribution in [-0.2, 0) is 7.05 Å². The number of nitrogens with zero attached hydrogens (tertiary/aromatic N) is 1. The van der Waals surface area contributed by atoms with Crippen molar-refractivity contribution in [3.63, 3.8) is 0 Å². The molecule has 0 aliphatic heterocycles. The van der Waals surface area contributed by atoms with Gasteiger partial charge in [-0.05, 0) is 70.5 Å². The molecule has 0 aliphatic rings. The van der Waals surface area contributed by atoms with Crippen LogP contribution in [0.1, 0.15) is 64.0 Å². The first kappa shape index (κ1) is 20.0. The van der Waals surface area contributed by atoms with Crippen LogP contribution in [0.3, 0.4) is 0 Å². The lowest BCUT2D eigenvalue weighted by Gasteiger charge is -2.18. The standard InChI is InChI=1S/C30H34N/c1-7-21(4)24-13-14-27-25(17-24)15-16-31(6)30(27)29-19-26(23-11-9-8-10-12-23)18-28(20(2)3)22(29)5/h8-21H,7H2,1-6H3/q+1/i16D. The number of aromatic nitrogens is 1. The summed E-state index contributed by atoms with van der Waals surface area (Å²) in [4.78, 5) is 0. The van der Waals surface area contributed by atoms with Gasteiger partial charge in [0.1, 0.15) is 8.42 Å². The van der Waals surface area contributed by atoms with Gasteiger partial charge in [0.2, 0.25) is 5.69 Å². The Hall–Kier alpha value is -2.93. The van der Waals surface area contributed by atoms with E-state index in [1.54, 1.807) is 0 Å². The van der Waals surface area contributed by atoms with Crippen LogP contribution in [0.25, 0.3) is 33.2 Å². The van der Waals surface area contributed by atoms with Crippen LogP contribution in [0.15, 0.2) is 72.9 Å². The number of hydrogen-bond acceptors (Lipinski definition) is 0. The van der Waals surface area contributed by atoms with Gasteiger partial charge in [0.05, 0.1) is 10.9 Å². The van der Waals surface area contributed by atoms with Crippen LogP contribution in [0.4, 0.5) is 0 Å². The second-order valence-corrected chi connectivity index (χ2v) is 9.10. The molecule has 0 N–H and O–H groups in total. The van der Waals surface area contributed by atoms with Crippen molar-refractivity contribution >= 4 is 10.8 Å². The Bertz CT molecular complexity index is 1270. The van der Waals surface area contributed by atoms with Crippen molar-refractivity contribution in [3.8, 4) is 22.4 Å². The zero-order valence-corrected chi connectivity index (χ0v) is 19.7. The molecule has 0 saturated heterocycles. The summed E-state index contributed by atoms with van der Waals surface area (Å²) in [5, 5.41) is 2.36. The summed E-state index contributed by atoms with van der Waals surface area (Å²) in [6.07, 6.45) is 1.65. The summed E-state index contributed by atoms with van der Waals surface area (Å²) in [5.41, 5.74) is 8.80. The number of hydrogen-bond donors (Lipinski definition) is 0. The molecule has 1 nitrogen and oxygen atoms in total. The molecule has 0 fully saturated rings. The van der Waals surface area contributed by atoms with Gasteiger partial charge in [-0.1, -0.05) is 76.2 Å². The first-order valence-corrected chi connectivity index (χ1v) is 11.4. The van der Waals surface area contributed by atoms with Crippen molar-refractivity contribution in [2.45, 2.75) is 52.9 Å². The lowest BCUT2D eigenvalue weighted by molar-refractivity contribution is -0.659. The van der Waals surface area contributed by atoms with E-state index in [0.717, 1.165) is 17.5 Å². The van der Waals surface area contributed by atoms with E-state index < -0.39 is 0 Å². The topological polar surface area (TPSA) is 3.88 Å². The lowest BCUT2D eigenvalue weighted by atomic mass is 9.87. The van der Waals surface area contributed by atoms with Crippen LogP contribution < -0.4 is 4.57 Å². The van der Waals surface area contributed by atoms with E-state index in [2.05, 4.69) is 95.3 Å². The highest BCUT2D eigenvalue weighted by Gasteiger charge is 2.21. The van der Waals surface area contributed by atoms with Crippen molar-refractivity contribution in [3.05, 3.63) is 89.6 Å². The molecule has 0 saturated carbocycles. The average Bonchev–Trinajstić information content (AvgIpc) is 2.80. The maximum atomic E-state index is 8.70. The molecule has 0 bridgehead atoms. The van der Waals surface area contributed by atoms with Gasteiger partial charge >= 0.3 is 0 Å². The van der Waals surface area contributed by atoms with Crippen molar-refractivity contribution < 1.29 is 5.94 Å². The first-order valence-electron chi connectivity index (χ1n) is 11.9. The molecule has 3 aromatic carbocycles. The smallest absolute Gasteiger partial charge is 0.200 e. The average molecular weight is 410 g/mol. The number of fused-ring (bicyclic) bond motifs is 1. The van der Waals surface area contributed by atoms with E-state index in [1.807, 2.05) is 17.7 Å². The molecule has 31 heavy (non-hydrogen) atoms. The minimum atomic E-state index is 0.421. The molecule has 0 spiro atoms. The van der Waals surface area contributed by atoms with E-state index in [9.17, 15) is 0 Å². The Morgan fingerprint density at radius 3 is 2.32 bits per heavy atom. The molecule has 0 radical (unpaired) electrons. The molecule has 1 unspecified atom stereocenters. The lowest BCUT2D eigenvalue weighted by Crippen LogP contribution is -2.31. The molecule has 1 heterocycles. The maximum Gasteiger partial charge on any atom is 0.220 e. The normalized spacial score (nSPS) is 12.9. The van der Waals surface area contributed by atoms with Gasteiger partial charge in [0, 0.05) is 6.07 Å². The van der Waals surface area contributed by atoms with Crippen molar-refractivity contribution in [1.82, 2.24) is 0 Å². The summed E-state index contributed by atoms with van der Waals surface area (Å²) in [5.74, 6) is 0.937. The molecule has 4 aromatic rings. The Balaban J connectivity index is 2.05. The minimum Gasteiger partial charge on any atom is -0.200 e. The fourth-order valence-electron chi connectivity index (χ4n) is 4.58. The summed E-state index contributed by atoms with van der Waals surface area (Å²) in [6.45, 7) is 11.3. The minimum absolute atomic E-state index is 0.421. The van der Waals surface area contributed by atoms with Crippen LogP contribution in [0.5, 0.6) is 0 Å². The van der Waals surface area contributed by atoms with Gasteiger partial charge in [-0.3, -0.25) is 0 Å². The fraction of sp³-hybridized carbons (Fsp3) is 0.300. The van der Waals surface area contributed by atoms with E-state index >= 15 is 0 Å². The maximum absolute atomic E-state index is 8.70. The van der Waals surface area contributed by atoms with Crippen LogP contribution in [0.2, 0.25) is 0 Å². The molecule has 0 aliphatic carbocycles. The third-order valence-corrected chi connectivity index (χ3v) is 6.69. The number of benzene rings is 3. The van der Waals surface area contributed by atoms with E-state index in [-0.39, 0.29) is 0 Å². The predicted octanol–water partition coefficient (Wildman–Crippen LogP) is 7.94. The molecule has 1 atom stereocenters. The van der Waals surface area contributed by atoms with Gasteiger partial charge < -0.3 is 0 Å². The van der Waals surface area contributed by atoms with E-state index in [0.29, 0.717) is 18.0 Å². The van der Waals surface area contributed by atoms with Gasteiger partial charge in [-0.25, -0.2) is 4.57 Å². The van der Waals surface area contributed by atoms with Crippen LogP contribution in [0, 0.1) is 6.92 Å². The summed E-state index contributed by atoms with van der Waals surface area (Å²) >= 11 is 0. The Morgan fingerprint density at radius 1 is 0.903 bits per heavy atom. The molecule has 4 rings (SSSR count). The van der Waals surface area contributed by atoms with Gasteiger partial charge in [-0.15, -0.1) is 0 Å². The number of pyridine rings is 1. The third-order valence-electron chi connectivity index (χ3n) is 6.69. The fourth-order valence-corrected chi connectivity index (χ4v) is 4.58. The van der Waals surface area contributed by atoms with Gasteiger partial charge in [-0.2, -0.15) is 0 Å². The zero-order valence-electron chi connectivity index (χ0n) is 20.7. The molecular weight excluding hydrogens is 374 g/mol. The zero-order chi connectivity index (χ0) is 23.0. The van der Waals surface area contributed by atoms with Crippen molar-refractivity contribution in [2.75, 3.05) is 0 Å². The van der Waals surface area contributed by atoms with Crippen LogP contribution in [-0.4, -0.2) is 0 Å². The Labute approximate surface area is 188 Å². The highest BCUT2D eigenvalue weighted by Crippen LogP contribution is 2.37. The summed E-state index contributed by atoms with van der Waals surface area (Å²) in [7, 11) is 2.02. The van der Waals surface area contributed by atoms with Gasteiger partial charge in [0.15, 0.2) is 6.17 Å². The SMILES string of the molecule is [2H]c1cc2cc(C(C)CC)ccc2c(-c2cc(-c3ccccc3)cc(C(C)C)c2C)[n+]1C. The summed E-state index contributed by atoms with van der Waals surface area (Å²) in [6, 6.07) is 24.1. The molecule has 1 heteroatoms. The van der Waals surface area contributed by atoms with E-state index in [1.165, 1.54) is 38.8 Å². The highest BCUT2D eigenvalue weighted by molar-refractivity contribution is 5.95. The monoisotopic (exact) mass is 409 g/mol. The summed E-state index contributed by atoms with van der Waals surface area (Å²) < 4.78 is 10.7. The quantitative estimate of drug-likeness (QED) is 0.294. The molecule has 0 amide bonds. The largest absolute Gasteiger partial charge is 0.220 e. The second-order valence-electron chi connectivity index (χ2n) is 9.10. The van der Waals surface area contributed by atoms with Crippen LogP contribution >= 0.6 is 0 Å². The van der Waals surface area contributed by atoms with Crippen molar-refractivity contribution in [2.24, 2.45) is 7.05 Å². The number of rotatable bonds is 5. The molecule has 1 aromatic heterocycles.